The van der Waals surface area contributed by atoms with E-state index in [0.717, 1.165) is 29.4 Å². The molecule has 0 atom stereocenters. The minimum atomic E-state index is -3.23. The van der Waals surface area contributed by atoms with Crippen molar-refractivity contribution in [1.29, 1.82) is 0 Å². The average molecular weight is 447 g/mol. The molecule has 0 aliphatic heterocycles. The third-order valence-electron chi connectivity index (χ3n) is 4.52. The largest absolute Gasteiger partial charge is 0.508 e. The van der Waals surface area contributed by atoms with Crippen LogP contribution < -0.4 is 10.0 Å². The van der Waals surface area contributed by atoms with E-state index in [1.54, 1.807) is 12.1 Å². The summed E-state index contributed by atoms with van der Waals surface area (Å²) in [5.74, 6) is 0.0902. The van der Waals surface area contributed by atoms with Crippen molar-refractivity contribution >= 4 is 32.5 Å². The van der Waals surface area contributed by atoms with E-state index in [4.69, 9.17) is 5.11 Å². The standard InChI is InChI=1S/C14H21N3O2S.C8H9NO2/c1-15-20(18,19)10-11-4-5-14-13(8-11)12(9-16-14)6-7-17(2)3;1-6(10)9-7-2-4-8(11)5-3-7/h4-5,8-9,15-16H,6-7,10H2,1-3H3;2-5,11H,1H3,(H,9,10). The normalized spacial score (nSPS) is 11.3. The van der Waals surface area contributed by atoms with Crippen LogP contribution in [0.25, 0.3) is 10.9 Å². The van der Waals surface area contributed by atoms with E-state index in [2.05, 4.69) is 19.9 Å². The Balaban J connectivity index is 0.000000262. The first kappa shape index (κ1) is 24.4. The van der Waals surface area contributed by atoms with Crippen LogP contribution in [0.1, 0.15) is 18.1 Å². The van der Waals surface area contributed by atoms with E-state index < -0.39 is 10.0 Å². The Labute approximate surface area is 183 Å². The summed E-state index contributed by atoms with van der Waals surface area (Å²) in [5.41, 5.74) is 3.76. The summed E-state index contributed by atoms with van der Waals surface area (Å²) in [4.78, 5) is 15.9. The second kappa shape index (κ2) is 10.9. The molecule has 0 saturated carbocycles. The van der Waals surface area contributed by atoms with Gasteiger partial charge in [-0.3, -0.25) is 4.79 Å². The van der Waals surface area contributed by atoms with Crippen LogP contribution in [0.3, 0.4) is 0 Å². The number of aromatic nitrogens is 1. The maximum Gasteiger partial charge on any atom is 0.221 e. The van der Waals surface area contributed by atoms with Crippen molar-refractivity contribution in [2.45, 2.75) is 19.1 Å². The zero-order chi connectivity index (χ0) is 23.0. The Kier molecular flexibility index (Phi) is 8.61. The predicted molar refractivity (Wildman–Crippen MR) is 125 cm³/mol. The first-order chi connectivity index (χ1) is 14.6. The van der Waals surface area contributed by atoms with Gasteiger partial charge in [-0.15, -0.1) is 0 Å². The molecule has 3 aromatic rings. The number of carbonyl (C=O) groups excluding carboxylic acids is 1. The number of likely N-dealkylation sites (N-methyl/N-ethyl adjacent to an activating group) is 1. The lowest BCUT2D eigenvalue weighted by Gasteiger charge is -2.08. The Morgan fingerprint density at radius 2 is 1.81 bits per heavy atom. The summed E-state index contributed by atoms with van der Waals surface area (Å²) in [5, 5.41) is 12.6. The van der Waals surface area contributed by atoms with Crippen LogP contribution in [0.4, 0.5) is 5.69 Å². The zero-order valence-electron chi connectivity index (χ0n) is 18.3. The van der Waals surface area contributed by atoms with Gasteiger partial charge in [0.2, 0.25) is 15.9 Å². The highest BCUT2D eigenvalue weighted by Gasteiger charge is 2.11. The second-order valence-corrected chi connectivity index (χ2v) is 9.36. The van der Waals surface area contributed by atoms with Gasteiger partial charge in [0.05, 0.1) is 5.75 Å². The summed E-state index contributed by atoms with van der Waals surface area (Å²) < 4.78 is 25.6. The zero-order valence-corrected chi connectivity index (χ0v) is 19.1. The minimum Gasteiger partial charge on any atom is -0.508 e. The molecule has 0 spiro atoms. The SMILES string of the molecule is CC(=O)Nc1ccc(O)cc1.CNS(=O)(=O)Cc1ccc2[nH]cc(CCN(C)C)c2c1. The number of phenols is 1. The van der Waals surface area contributed by atoms with Crippen LogP contribution in [0.15, 0.2) is 48.7 Å². The van der Waals surface area contributed by atoms with Crippen molar-refractivity contribution in [3.8, 4) is 5.75 Å². The van der Waals surface area contributed by atoms with E-state index >= 15 is 0 Å². The number of aromatic hydroxyl groups is 1. The number of H-pyrrole nitrogens is 1. The van der Waals surface area contributed by atoms with Gasteiger partial charge >= 0.3 is 0 Å². The first-order valence-electron chi connectivity index (χ1n) is 9.81. The lowest BCUT2D eigenvalue weighted by molar-refractivity contribution is -0.114. The molecule has 1 aromatic heterocycles. The molecule has 9 heteroatoms. The predicted octanol–water partition coefficient (Wildman–Crippen LogP) is 2.67. The number of hydrogen-bond acceptors (Lipinski definition) is 5. The highest BCUT2D eigenvalue weighted by molar-refractivity contribution is 7.88. The summed E-state index contributed by atoms with van der Waals surface area (Å²) >= 11 is 0. The topological polar surface area (TPSA) is 115 Å². The number of nitrogens with one attached hydrogen (secondary N) is 3. The molecule has 0 fully saturated rings. The second-order valence-electron chi connectivity index (χ2n) is 7.44. The van der Waals surface area contributed by atoms with E-state index in [-0.39, 0.29) is 17.4 Å². The molecule has 3 rings (SSSR count). The maximum absolute atomic E-state index is 11.6. The highest BCUT2D eigenvalue weighted by Crippen LogP contribution is 2.21. The van der Waals surface area contributed by atoms with Crippen molar-refractivity contribution in [2.75, 3.05) is 33.0 Å². The summed E-state index contributed by atoms with van der Waals surface area (Å²) in [7, 11) is 2.29. The number of rotatable bonds is 7. The van der Waals surface area contributed by atoms with Gasteiger partial charge in [0.1, 0.15) is 5.75 Å². The number of sulfonamides is 1. The molecule has 0 aliphatic carbocycles. The van der Waals surface area contributed by atoms with Gasteiger partial charge in [0, 0.05) is 36.3 Å². The van der Waals surface area contributed by atoms with Crippen LogP contribution in [0.5, 0.6) is 5.75 Å². The van der Waals surface area contributed by atoms with Gasteiger partial charge < -0.3 is 20.3 Å². The van der Waals surface area contributed by atoms with Crippen molar-refractivity contribution in [1.82, 2.24) is 14.6 Å². The van der Waals surface area contributed by atoms with Crippen LogP contribution in [0, 0.1) is 0 Å². The number of benzene rings is 2. The Morgan fingerprint density at radius 3 is 2.39 bits per heavy atom. The third-order valence-corrected chi connectivity index (χ3v) is 5.85. The Bertz CT molecular complexity index is 1110. The van der Waals surface area contributed by atoms with E-state index in [1.807, 2.05) is 38.5 Å². The summed E-state index contributed by atoms with van der Waals surface area (Å²) in [6.07, 6.45) is 2.94. The van der Waals surface area contributed by atoms with Crippen LogP contribution in [0.2, 0.25) is 0 Å². The molecule has 8 nitrogen and oxygen atoms in total. The van der Waals surface area contributed by atoms with Crippen LogP contribution in [-0.2, 0) is 27.0 Å². The summed E-state index contributed by atoms with van der Waals surface area (Å²) in [6.45, 7) is 2.40. The molecule has 31 heavy (non-hydrogen) atoms. The lowest BCUT2D eigenvalue weighted by atomic mass is 10.1. The Hall–Kier alpha value is -2.88. The molecule has 0 radical (unpaired) electrons. The van der Waals surface area contributed by atoms with Crippen LogP contribution >= 0.6 is 0 Å². The molecule has 0 bridgehead atoms. The molecule has 1 heterocycles. The highest BCUT2D eigenvalue weighted by atomic mass is 32.2. The fraction of sp³-hybridized carbons (Fsp3) is 0.318. The smallest absolute Gasteiger partial charge is 0.221 e. The molecule has 0 aliphatic rings. The third kappa shape index (κ3) is 8.05. The van der Waals surface area contributed by atoms with Crippen molar-refractivity contribution < 1.29 is 18.3 Å². The molecule has 0 unspecified atom stereocenters. The molecule has 1 amide bonds. The molecule has 168 valence electrons. The molecular weight excluding hydrogens is 416 g/mol. The van der Waals surface area contributed by atoms with Gasteiger partial charge in [-0.1, -0.05) is 6.07 Å². The maximum atomic E-state index is 11.6. The van der Waals surface area contributed by atoms with Gasteiger partial charge in [-0.25, -0.2) is 13.1 Å². The Morgan fingerprint density at radius 1 is 1.13 bits per heavy atom. The lowest BCUT2D eigenvalue weighted by Crippen LogP contribution is -2.20. The van der Waals surface area contributed by atoms with Gasteiger partial charge in [-0.05, 0) is 75.1 Å². The number of anilines is 1. The fourth-order valence-electron chi connectivity index (χ4n) is 2.91. The quantitative estimate of drug-likeness (QED) is 0.417. The number of phenolic OH excluding ortho intramolecular Hbond substituents is 1. The van der Waals surface area contributed by atoms with Gasteiger partial charge in [-0.2, -0.15) is 0 Å². The monoisotopic (exact) mass is 446 g/mol. The van der Waals surface area contributed by atoms with E-state index in [9.17, 15) is 13.2 Å². The number of nitrogens with zero attached hydrogens (tertiary/aromatic N) is 1. The van der Waals surface area contributed by atoms with E-state index in [1.165, 1.54) is 31.7 Å². The number of fused-ring (bicyclic) bond motifs is 1. The number of amides is 1. The molecule has 0 saturated heterocycles. The number of carbonyl (C=O) groups is 1. The van der Waals surface area contributed by atoms with Crippen LogP contribution in [-0.4, -0.2) is 57.0 Å². The number of hydrogen-bond donors (Lipinski definition) is 4. The van der Waals surface area contributed by atoms with Gasteiger partial charge in [0.25, 0.3) is 0 Å². The molecule has 4 N–H and O–H groups in total. The minimum absolute atomic E-state index is 0.0116. The fourth-order valence-corrected chi connectivity index (χ4v) is 3.67. The van der Waals surface area contributed by atoms with Crippen molar-refractivity contribution in [2.24, 2.45) is 0 Å². The van der Waals surface area contributed by atoms with Gasteiger partial charge in [0.15, 0.2) is 0 Å². The molecule has 2 aromatic carbocycles. The van der Waals surface area contributed by atoms with Crippen molar-refractivity contribution in [3.05, 3.63) is 59.8 Å². The molecular formula is C22H30N4O4S. The first-order valence-corrected chi connectivity index (χ1v) is 11.5. The van der Waals surface area contributed by atoms with Crippen molar-refractivity contribution in [3.63, 3.8) is 0 Å². The van der Waals surface area contributed by atoms with E-state index in [0.29, 0.717) is 5.69 Å². The number of aromatic amines is 1. The summed E-state index contributed by atoms with van der Waals surface area (Å²) in [6, 6.07) is 12.1. The average Bonchev–Trinajstić information content (AvgIpc) is 3.10.